The van der Waals surface area contributed by atoms with Gasteiger partial charge >= 0.3 is 0 Å². The van der Waals surface area contributed by atoms with E-state index in [1.54, 1.807) is 0 Å². The maximum atomic E-state index is 5.89. The Labute approximate surface area is 109 Å². The molecule has 1 heterocycles. The van der Waals surface area contributed by atoms with E-state index in [1.807, 2.05) is 17.8 Å². The fourth-order valence-corrected chi connectivity index (χ4v) is 3.02. The lowest BCUT2D eigenvalue weighted by atomic mass is 9.92. The summed E-state index contributed by atoms with van der Waals surface area (Å²) in [7, 11) is 0. The Kier molecular flexibility index (Phi) is 3.57. The van der Waals surface area contributed by atoms with Gasteiger partial charge in [-0.3, -0.25) is 0 Å². The van der Waals surface area contributed by atoms with Gasteiger partial charge in [0.05, 0.1) is 5.69 Å². The molecule has 0 aromatic heterocycles. The van der Waals surface area contributed by atoms with E-state index in [0.717, 1.165) is 18.8 Å². The van der Waals surface area contributed by atoms with Crippen LogP contribution in [0.1, 0.15) is 27.2 Å². The third-order valence-corrected chi connectivity index (χ3v) is 4.12. The summed E-state index contributed by atoms with van der Waals surface area (Å²) in [5.41, 5.74) is 8.48. The van der Waals surface area contributed by atoms with Gasteiger partial charge in [0, 0.05) is 29.4 Å². The van der Waals surface area contributed by atoms with Gasteiger partial charge in [-0.05, 0) is 30.0 Å². The average molecular weight is 250 g/mol. The number of benzene rings is 1. The first kappa shape index (κ1) is 12.6. The van der Waals surface area contributed by atoms with Gasteiger partial charge < -0.3 is 10.6 Å². The molecule has 1 aliphatic heterocycles. The van der Waals surface area contributed by atoms with Crippen LogP contribution in [0.25, 0.3) is 0 Å². The van der Waals surface area contributed by atoms with Crippen molar-refractivity contribution in [2.24, 2.45) is 5.41 Å². The van der Waals surface area contributed by atoms with Crippen LogP contribution >= 0.6 is 11.8 Å². The highest BCUT2D eigenvalue weighted by molar-refractivity contribution is 7.99. The number of hydrogen-bond acceptors (Lipinski definition) is 3. The van der Waals surface area contributed by atoms with Crippen LogP contribution in [0.15, 0.2) is 23.1 Å². The lowest BCUT2D eigenvalue weighted by molar-refractivity contribution is 0.379. The van der Waals surface area contributed by atoms with E-state index in [9.17, 15) is 0 Å². The Morgan fingerprint density at radius 2 is 2.12 bits per heavy atom. The predicted molar refractivity (Wildman–Crippen MR) is 77.9 cm³/mol. The molecule has 1 aliphatic rings. The molecule has 1 aromatic rings. The molecule has 0 radical (unpaired) electrons. The van der Waals surface area contributed by atoms with Crippen molar-refractivity contribution in [1.82, 2.24) is 0 Å². The number of nitrogen functional groups attached to an aromatic ring is 1. The van der Waals surface area contributed by atoms with Crippen LogP contribution in [0.3, 0.4) is 0 Å². The fourth-order valence-electron chi connectivity index (χ4n) is 1.99. The maximum Gasteiger partial charge on any atom is 0.0525 e. The molecular formula is C14H22N2S. The molecule has 0 spiro atoms. The zero-order valence-corrected chi connectivity index (χ0v) is 11.8. The van der Waals surface area contributed by atoms with Crippen molar-refractivity contribution in [1.29, 1.82) is 0 Å². The fraction of sp³-hybridized carbons (Fsp3) is 0.571. The van der Waals surface area contributed by atoms with Crippen LogP contribution in [0.2, 0.25) is 0 Å². The third-order valence-electron chi connectivity index (χ3n) is 3.07. The highest BCUT2D eigenvalue weighted by Crippen LogP contribution is 2.36. The van der Waals surface area contributed by atoms with E-state index < -0.39 is 0 Å². The highest BCUT2D eigenvalue weighted by Gasteiger charge is 2.19. The highest BCUT2D eigenvalue weighted by atomic mass is 32.2. The minimum absolute atomic E-state index is 0.394. The molecule has 0 saturated heterocycles. The van der Waals surface area contributed by atoms with Crippen molar-refractivity contribution in [3.63, 3.8) is 0 Å². The van der Waals surface area contributed by atoms with E-state index in [2.05, 4.69) is 37.8 Å². The second kappa shape index (κ2) is 4.81. The van der Waals surface area contributed by atoms with Crippen LogP contribution < -0.4 is 10.6 Å². The molecule has 0 fully saturated rings. The van der Waals surface area contributed by atoms with Gasteiger partial charge in [0.15, 0.2) is 0 Å². The van der Waals surface area contributed by atoms with Gasteiger partial charge in [-0.25, -0.2) is 0 Å². The smallest absolute Gasteiger partial charge is 0.0525 e. The van der Waals surface area contributed by atoms with Gasteiger partial charge in [0.25, 0.3) is 0 Å². The molecule has 2 nitrogen and oxygen atoms in total. The number of fused-ring (bicyclic) bond motifs is 1. The van der Waals surface area contributed by atoms with Crippen LogP contribution in [0, 0.1) is 5.41 Å². The Hall–Kier alpha value is -0.830. The molecular weight excluding hydrogens is 228 g/mol. The molecule has 0 atom stereocenters. The summed E-state index contributed by atoms with van der Waals surface area (Å²) in [6.45, 7) is 9.15. The molecule has 0 unspecified atom stereocenters. The molecule has 0 bridgehead atoms. The molecule has 94 valence electrons. The zero-order valence-electron chi connectivity index (χ0n) is 11.0. The van der Waals surface area contributed by atoms with Gasteiger partial charge in [-0.2, -0.15) is 0 Å². The van der Waals surface area contributed by atoms with Crippen LogP contribution in [-0.2, 0) is 0 Å². The Morgan fingerprint density at radius 3 is 2.82 bits per heavy atom. The molecule has 1 aromatic carbocycles. The van der Waals surface area contributed by atoms with Crippen LogP contribution in [-0.4, -0.2) is 18.8 Å². The molecule has 3 heteroatoms. The largest absolute Gasteiger partial charge is 0.399 e. The van der Waals surface area contributed by atoms with E-state index in [-0.39, 0.29) is 0 Å². The van der Waals surface area contributed by atoms with Gasteiger partial charge in [0.2, 0.25) is 0 Å². The Balaban J connectivity index is 2.14. The third kappa shape index (κ3) is 3.32. The normalized spacial score (nSPS) is 15.8. The quantitative estimate of drug-likeness (QED) is 0.813. The molecule has 0 aliphatic carbocycles. The summed E-state index contributed by atoms with van der Waals surface area (Å²) >= 11 is 1.94. The van der Waals surface area contributed by atoms with E-state index in [1.165, 1.54) is 22.8 Å². The second-order valence-electron chi connectivity index (χ2n) is 5.87. The van der Waals surface area contributed by atoms with Gasteiger partial charge in [-0.15, -0.1) is 11.8 Å². The lowest BCUT2D eigenvalue weighted by Gasteiger charge is -2.33. The first-order valence-corrected chi connectivity index (χ1v) is 7.21. The molecule has 2 rings (SSSR count). The van der Waals surface area contributed by atoms with Crippen molar-refractivity contribution in [3.8, 4) is 0 Å². The summed E-state index contributed by atoms with van der Waals surface area (Å²) in [6, 6.07) is 6.27. The number of nitrogens with zero attached hydrogens (tertiary/aromatic N) is 1. The van der Waals surface area contributed by atoms with Crippen LogP contribution in [0.4, 0.5) is 11.4 Å². The minimum Gasteiger partial charge on any atom is -0.399 e. The Morgan fingerprint density at radius 1 is 1.35 bits per heavy atom. The standard InChI is InChI=1S/C14H22N2S/c1-14(2,3)6-7-16-8-9-17-13-5-4-11(15)10-12(13)16/h4-5,10H,6-9,15H2,1-3H3. The number of nitrogens with two attached hydrogens (primary N) is 1. The summed E-state index contributed by atoms with van der Waals surface area (Å²) < 4.78 is 0. The first-order chi connectivity index (χ1) is 7.96. The average Bonchev–Trinajstić information content (AvgIpc) is 2.25. The summed E-state index contributed by atoms with van der Waals surface area (Å²) in [4.78, 5) is 3.85. The van der Waals surface area contributed by atoms with Crippen LogP contribution in [0.5, 0.6) is 0 Å². The first-order valence-electron chi connectivity index (χ1n) is 6.23. The number of rotatable bonds is 2. The van der Waals surface area contributed by atoms with Crippen molar-refractivity contribution < 1.29 is 0 Å². The molecule has 0 saturated carbocycles. The summed E-state index contributed by atoms with van der Waals surface area (Å²) in [5.74, 6) is 1.18. The minimum atomic E-state index is 0.394. The lowest BCUT2D eigenvalue weighted by Crippen LogP contribution is -2.32. The van der Waals surface area contributed by atoms with Gasteiger partial charge in [-0.1, -0.05) is 20.8 Å². The van der Waals surface area contributed by atoms with Crippen molar-refractivity contribution in [2.45, 2.75) is 32.1 Å². The van der Waals surface area contributed by atoms with Crippen molar-refractivity contribution in [3.05, 3.63) is 18.2 Å². The number of anilines is 2. The number of hydrogen-bond donors (Lipinski definition) is 1. The second-order valence-corrected chi connectivity index (χ2v) is 7.01. The molecule has 17 heavy (non-hydrogen) atoms. The predicted octanol–water partition coefficient (Wildman–Crippen LogP) is 3.62. The van der Waals surface area contributed by atoms with Gasteiger partial charge in [0.1, 0.15) is 0 Å². The maximum absolute atomic E-state index is 5.89. The Bertz CT molecular complexity index is 396. The number of thioether (sulfide) groups is 1. The zero-order chi connectivity index (χ0) is 12.5. The summed E-state index contributed by atoms with van der Waals surface area (Å²) in [5, 5.41) is 0. The molecule has 2 N–H and O–H groups in total. The van der Waals surface area contributed by atoms with E-state index >= 15 is 0 Å². The van der Waals surface area contributed by atoms with Crippen molar-refractivity contribution in [2.75, 3.05) is 29.5 Å². The molecule has 0 amide bonds. The van der Waals surface area contributed by atoms with E-state index in [4.69, 9.17) is 5.73 Å². The monoisotopic (exact) mass is 250 g/mol. The SMILES string of the molecule is CC(C)(C)CCN1CCSc2ccc(N)cc21. The summed E-state index contributed by atoms with van der Waals surface area (Å²) in [6.07, 6.45) is 1.21. The van der Waals surface area contributed by atoms with E-state index in [0.29, 0.717) is 5.41 Å². The topological polar surface area (TPSA) is 29.3 Å². The van der Waals surface area contributed by atoms with Crippen molar-refractivity contribution >= 4 is 23.1 Å².